The molecule has 1 heterocycles. The van der Waals surface area contributed by atoms with Gasteiger partial charge in [-0.3, -0.25) is 4.79 Å². The standard InChI is InChI=1S/C20H23N3O2/c1-3-25-14-13-23-18-12-8-7-11-17(18)22-19(23)15(2)21-20(24)16-9-5-4-6-10-16/h4-12,15H,3,13-14H2,1-2H3,(H,21,24). The maximum absolute atomic E-state index is 12.4. The van der Waals surface area contributed by atoms with Gasteiger partial charge in [0.1, 0.15) is 5.82 Å². The molecule has 0 aliphatic rings. The van der Waals surface area contributed by atoms with E-state index in [1.807, 2.05) is 56.3 Å². The lowest BCUT2D eigenvalue weighted by molar-refractivity contribution is 0.0937. The van der Waals surface area contributed by atoms with Crippen LogP contribution in [0, 0.1) is 0 Å². The van der Waals surface area contributed by atoms with Gasteiger partial charge in [0.2, 0.25) is 0 Å². The molecule has 1 aromatic heterocycles. The molecule has 0 bridgehead atoms. The van der Waals surface area contributed by atoms with Crippen LogP contribution in [0.2, 0.25) is 0 Å². The molecular weight excluding hydrogens is 314 g/mol. The van der Waals surface area contributed by atoms with Crippen LogP contribution in [0.5, 0.6) is 0 Å². The molecule has 1 amide bonds. The van der Waals surface area contributed by atoms with Crippen molar-refractivity contribution < 1.29 is 9.53 Å². The molecule has 1 N–H and O–H groups in total. The number of fused-ring (bicyclic) bond motifs is 1. The van der Waals surface area contributed by atoms with Crippen LogP contribution in [0.1, 0.15) is 36.1 Å². The molecule has 0 saturated carbocycles. The van der Waals surface area contributed by atoms with E-state index in [9.17, 15) is 4.79 Å². The maximum atomic E-state index is 12.4. The Bertz CT molecular complexity index is 843. The number of hydrogen-bond donors (Lipinski definition) is 1. The van der Waals surface area contributed by atoms with Crippen molar-refractivity contribution in [3.05, 3.63) is 66.0 Å². The van der Waals surface area contributed by atoms with Gasteiger partial charge in [0, 0.05) is 18.7 Å². The van der Waals surface area contributed by atoms with Crippen LogP contribution in [-0.4, -0.2) is 28.7 Å². The van der Waals surface area contributed by atoms with Crippen molar-refractivity contribution in [1.82, 2.24) is 14.9 Å². The van der Waals surface area contributed by atoms with Crippen molar-refractivity contribution in [1.29, 1.82) is 0 Å². The summed E-state index contributed by atoms with van der Waals surface area (Å²) in [4.78, 5) is 17.2. The molecule has 1 atom stereocenters. The quantitative estimate of drug-likeness (QED) is 0.671. The SMILES string of the molecule is CCOCCn1c(C(C)NC(=O)c2ccccc2)nc2ccccc21. The first-order valence-corrected chi connectivity index (χ1v) is 8.59. The first-order valence-electron chi connectivity index (χ1n) is 8.59. The van der Waals surface area contributed by atoms with Crippen LogP contribution in [0.3, 0.4) is 0 Å². The Labute approximate surface area is 147 Å². The highest BCUT2D eigenvalue weighted by atomic mass is 16.5. The Morgan fingerprint density at radius 2 is 1.88 bits per heavy atom. The molecule has 1 unspecified atom stereocenters. The fourth-order valence-corrected chi connectivity index (χ4v) is 2.89. The molecule has 5 heteroatoms. The Balaban J connectivity index is 1.85. The van der Waals surface area contributed by atoms with Crippen molar-refractivity contribution in [3.63, 3.8) is 0 Å². The van der Waals surface area contributed by atoms with Crippen LogP contribution >= 0.6 is 0 Å². The third-order valence-corrected chi connectivity index (χ3v) is 4.12. The van der Waals surface area contributed by atoms with Gasteiger partial charge in [-0.05, 0) is 38.1 Å². The minimum atomic E-state index is -0.207. The summed E-state index contributed by atoms with van der Waals surface area (Å²) < 4.78 is 7.63. The van der Waals surface area contributed by atoms with E-state index < -0.39 is 0 Å². The molecular formula is C20H23N3O2. The average Bonchev–Trinajstić information content (AvgIpc) is 3.01. The third-order valence-electron chi connectivity index (χ3n) is 4.12. The summed E-state index contributed by atoms with van der Waals surface area (Å²) in [6, 6.07) is 17.0. The second kappa shape index (κ2) is 7.94. The summed E-state index contributed by atoms with van der Waals surface area (Å²) >= 11 is 0. The molecule has 130 valence electrons. The number of amides is 1. The Kier molecular flexibility index (Phi) is 5.46. The summed E-state index contributed by atoms with van der Waals surface area (Å²) in [6.45, 7) is 5.94. The predicted molar refractivity (Wildman–Crippen MR) is 98.5 cm³/mol. The summed E-state index contributed by atoms with van der Waals surface area (Å²) in [5.74, 6) is 0.738. The lowest BCUT2D eigenvalue weighted by Crippen LogP contribution is -2.29. The van der Waals surface area contributed by atoms with Crippen molar-refractivity contribution in [2.75, 3.05) is 13.2 Å². The van der Waals surface area contributed by atoms with Gasteiger partial charge in [0.15, 0.2) is 0 Å². The summed E-state index contributed by atoms with van der Waals surface area (Å²) in [7, 11) is 0. The molecule has 0 spiro atoms. The van der Waals surface area contributed by atoms with Crippen LogP contribution < -0.4 is 5.32 Å². The van der Waals surface area contributed by atoms with Gasteiger partial charge in [-0.15, -0.1) is 0 Å². The molecule has 0 aliphatic carbocycles. The highest BCUT2D eigenvalue weighted by Crippen LogP contribution is 2.21. The number of hydrogen-bond acceptors (Lipinski definition) is 3. The maximum Gasteiger partial charge on any atom is 0.251 e. The van der Waals surface area contributed by atoms with Crippen LogP contribution in [-0.2, 0) is 11.3 Å². The normalized spacial score (nSPS) is 12.2. The van der Waals surface area contributed by atoms with Crippen LogP contribution in [0.15, 0.2) is 54.6 Å². The number of nitrogens with one attached hydrogen (secondary N) is 1. The first-order chi connectivity index (χ1) is 12.2. The minimum Gasteiger partial charge on any atom is -0.380 e. The molecule has 3 rings (SSSR count). The van der Waals surface area contributed by atoms with E-state index in [0.29, 0.717) is 25.3 Å². The number of ether oxygens (including phenoxy) is 1. The van der Waals surface area contributed by atoms with E-state index in [2.05, 4.69) is 9.88 Å². The number of benzene rings is 2. The second-order valence-corrected chi connectivity index (χ2v) is 5.87. The van der Waals surface area contributed by atoms with E-state index in [0.717, 1.165) is 16.9 Å². The third kappa shape index (κ3) is 3.88. The number of carbonyl (C=O) groups excluding carboxylic acids is 1. The molecule has 0 aliphatic heterocycles. The fourth-order valence-electron chi connectivity index (χ4n) is 2.89. The minimum absolute atomic E-state index is 0.100. The van der Waals surface area contributed by atoms with E-state index in [-0.39, 0.29) is 11.9 Å². The molecule has 0 fully saturated rings. The first kappa shape index (κ1) is 17.2. The van der Waals surface area contributed by atoms with Gasteiger partial charge in [-0.1, -0.05) is 30.3 Å². The van der Waals surface area contributed by atoms with Gasteiger partial charge < -0.3 is 14.6 Å². The van der Waals surface area contributed by atoms with Crippen LogP contribution in [0.4, 0.5) is 0 Å². The van der Waals surface area contributed by atoms with Crippen molar-refractivity contribution in [2.45, 2.75) is 26.4 Å². The molecule has 0 radical (unpaired) electrons. The zero-order valence-electron chi connectivity index (χ0n) is 14.6. The number of para-hydroxylation sites is 2. The highest BCUT2D eigenvalue weighted by Gasteiger charge is 2.18. The van der Waals surface area contributed by atoms with E-state index >= 15 is 0 Å². The summed E-state index contributed by atoms with van der Waals surface area (Å²) in [5, 5.41) is 3.04. The molecule has 0 saturated heterocycles. The fraction of sp³-hybridized carbons (Fsp3) is 0.300. The van der Waals surface area contributed by atoms with Gasteiger partial charge in [-0.25, -0.2) is 4.98 Å². The lowest BCUT2D eigenvalue weighted by Gasteiger charge is -2.16. The van der Waals surface area contributed by atoms with Crippen molar-refractivity contribution >= 4 is 16.9 Å². The van der Waals surface area contributed by atoms with E-state index in [4.69, 9.17) is 9.72 Å². The smallest absolute Gasteiger partial charge is 0.251 e. The van der Waals surface area contributed by atoms with Gasteiger partial charge in [0.05, 0.1) is 23.7 Å². The number of aromatic nitrogens is 2. The Morgan fingerprint density at radius 1 is 1.16 bits per heavy atom. The second-order valence-electron chi connectivity index (χ2n) is 5.87. The number of imidazole rings is 1. The monoisotopic (exact) mass is 337 g/mol. The Hall–Kier alpha value is -2.66. The highest BCUT2D eigenvalue weighted by molar-refractivity contribution is 5.94. The number of rotatable bonds is 7. The molecule has 5 nitrogen and oxygen atoms in total. The van der Waals surface area contributed by atoms with Gasteiger partial charge in [-0.2, -0.15) is 0 Å². The lowest BCUT2D eigenvalue weighted by atomic mass is 10.2. The van der Waals surface area contributed by atoms with E-state index in [1.165, 1.54) is 0 Å². The van der Waals surface area contributed by atoms with Crippen molar-refractivity contribution in [2.24, 2.45) is 0 Å². The molecule has 3 aromatic rings. The average molecular weight is 337 g/mol. The predicted octanol–water partition coefficient (Wildman–Crippen LogP) is 3.56. The Morgan fingerprint density at radius 3 is 2.64 bits per heavy atom. The molecule has 25 heavy (non-hydrogen) atoms. The van der Waals surface area contributed by atoms with E-state index in [1.54, 1.807) is 12.1 Å². The van der Waals surface area contributed by atoms with Gasteiger partial charge >= 0.3 is 0 Å². The summed E-state index contributed by atoms with van der Waals surface area (Å²) in [5.41, 5.74) is 2.62. The zero-order valence-corrected chi connectivity index (χ0v) is 14.6. The van der Waals surface area contributed by atoms with Crippen LogP contribution in [0.25, 0.3) is 11.0 Å². The largest absolute Gasteiger partial charge is 0.380 e. The number of nitrogens with zero attached hydrogens (tertiary/aromatic N) is 2. The van der Waals surface area contributed by atoms with Crippen molar-refractivity contribution in [3.8, 4) is 0 Å². The van der Waals surface area contributed by atoms with Gasteiger partial charge in [0.25, 0.3) is 5.91 Å². The topological polar surface area (TPSA) is 56.1 Å². The molecule has 2 aromatic carbocycles. The zero-order chi connectivity index (χ0) is 17.6. The number of carbonyl (C=O) groups is 1. The summed E-state index contributed by atoms with van der Waals surface area (Å²) in [6.07, 6.45) is 0.